The summed E-state index contributed by atoms with van der Waals surface area (Å²) in [5, 5.41) is 20.2. The van der Waals surface area contributed by atoms with E-state index in [1.54, 1.807) is 36.4 Å². The van der Waals surface area contributed by atoms with Crippen molar-refractivity contribution in [3.05, 3.63) is 56.5 Å². The topological polar surface area (TPSA) is 56.9 Å². The minimum absolute atomic E-state index is 0.158. The van der Waals surface area contributed by atoms with Gasteiger partial charge in [0.15, 0.2) is 0 Å². The minimum atomic E-state index is 0.158. The van der Waals surface area contributed by atoms with Crippen molar-refractivity contribution in [2.75, 3.05) is 0 Å². The van der Waals surface area contributed by atoms with Crippen molar-refractivity contribution in [3.8, 4) is 11.8 Å². The third-order valence-corrected chi connectivity index (χ3v) is 4.92. The van der Waals surface area contributed by atoms with Gasteiger partial charge in [-0.05, 0) is 57.9 Å². The Hall–Kier alpha value is -1.87. The van der Waals surface area contributed by atoms with Crippen molar-refractivity contribution in [1.82, 2.24) is 4.98 Å². The molecule has 22 heavy (non-hydrogen) atoms. The molecule has 0 fully saturated rings. The summed E-state index contributed by atoms with van der Waals surface area (Å²) in [6.45, 7) is 0. The van der Waals surface area contributed by atoms with Gasteiger partial charge in [-0.25, -0.2) is 4.98 Å². The number of benzene rings is 2. The molecule has 1 aromatic heterocycles. The molecule has 0 amide bonds. The van der Waals surface area contributed by atoms with Crippen LogP contribution in [0, 0.1) is 11.3 Å². The third kappa shape index (κ3) is 3.00. The molecule has 3 nitrogen and oxygen atoms in total. The van der Waals surface area contributed by atoms with Crippen LogP contribution in [-0.2, 0) is 0 Å². The summed E-state index contributed by atoms with van der Waals surface area (Å²) in [6.07, 6.45) is 1.74. The molecule has 0 radical (unpaired) electrons. The smallest absolute Gasteiger partial charge is 0.135 e. The van der Waals surface area contributed by atoms with Gasteiger partial charge in [0.2, 0.25) is 0 Å². The lowest BCUT2D eigenvalue weighted by atomic mass is 10.1. The van der Waals surface area contributed by atoms with Crippen molar-refractivity contribution < 1.29 is 5.11 Å². The molecular weight excluding hydrogens is 384 g/mol. The van der Waals surface area contributed by atoms with Gasteiger partial charge in [0.1, 0.15) is 16.8 Å². The Morgan fingerprint density at radius 2 is 2.14 bits per heavy atom. The second-order valence-electron chi connectivity index (χ2n) is 4.51. The zero-order valence-electron chi connectivity index (χ0n) is 11.0. The van der Waals surface area contributed by atoms with Gasteiger partial charge in [-0.1, -0.05) is 17.7 Å². The molecule has 1 N–H and O–H groups in total. The molecule has 0 aliphatic carbocycles. The van der Waals surface area contributed by atoms with Crippen LogP contribution in [0.15, 0.2) is 40.9 Å². The predicted molar refractivity (Wildman–Crippen MR) is 93.9 cm³/mol. The molecule has 6 heteroatoms. The fourth-order valence-electron chi connectivity index (χ4n) is 1.94. The fraction of sp³-hybridized carbons (Fsp3) is 0. The highest BCUT2D eigenvalue weighted by molar-refractivity contribution is 9.10. The SMILES string of the molecule is N#C/C(=C\c1ccc(O)c(Br)c1)c1nc2cc(Cl)ccc2s1. The van der Waals surface area contributed by atoms with Gasteiger partial charge in [0.05, 0.1) is 20.3 Å². The number of rotatable bonds is 2. The average molecular weight is 392 g/mol. The summed E-state index contributed by atoms with van der Waals surface area (Å²) in [6, 6.07) is 12.7. The number of hydrogen-bond acceptors (Lipinski definition) is 4. The Labute approximate surface area is 144 Å². The first-order valence-corrected chi connectivity index (χ1v) is 8.22. The molecule has 108 valence electrons. The molecule has 0 aliphatic heterocycles. The zero-order valence-corrected chi connectivity index (χ0v) is 14.2. The third-order valence-electron chi connectivity index (χ3n) is 2.98. The number of fused-ring (bicyclic) bond motifs is 1. The summed E-state index contributed by atoms with van der Waals surface area (Å²) in [5.41, 5.74) is 2.05. The van der Waals surface area contributed by atoms with Crippen LogP contribution in [0.2, 0.25) is 5.02 Å². The van der Waals surface area contributed by atoms with Crippen LogP contribution < -0.4 is 0 Å². The van der Waals surface area contributed by atoms with Crippen molar-refractivity contribution in [3.63, 3.8) is 0 Å². The van der Waals surface area contributed by atoms with Crippen LogP contribution in [0.1, 0.15) is 10.6 Å². The van der Waals surface area contributed by atoms with E-state index in [-0.39, 0.29) is 5.75 Å². The quantitative estimate of drug-likeness (QED) is 0.588. The number of allylic oxidation sites excluding steroid dienone is 1. The lowest BCUT2D eigenvalue weighted by Crippen LogP contribution is -1.81. The van der Waals surface area contributed by atoms with Gasteiger partial charge in [0.25, 0.3) is 0 Å². The maximum absolute atomic E-state index is 9.52. The van der Waals surface area contributed by atoms with Crippen molar-refractivity contribution in [1.29, 1.82) is 5.26 Å². The summed E-state index contributed by atoms with van der Waals surface area (Å²) in [4.78, 5) is 4.46. The van der Waals surface area contributed by atoms with Gasteiger partial charge in [-0.15, -0.1) is 11.3 Å². The Morgan fingerprint density at radius 3 is 2.86 bits per heavy atom. The maximum atomic E-state index is 9.52. The Balaban J connectivity index is 2.07. The highest BCUT2D eigenvalue weighted by Gasteiger charge is 2.09. The largest absolute Gasteiger partial charge is 0.507 e. The standard InChI is InChI=1S/C16H8BrClN2OS/c17-12-6-9(1-3-14(12)21)5-10(8-19)16-20-13-7-11(18)2-4-15(13)22-16/h1-7,21H/b10-5+. The molecule has 1 heterocycles. The second kappa shape index (κ2) is 6.09. The molecular formula is C16H8BrClN2OS. The lowest BCUT2D eigenvalue weighted by molar-refractivity contribution is 0.472. The monoisotopic (exact) mass is 390 g/mol. The van der Waals surface area contributed by atoms with E-state index in [9.17, 15) is 10.4 Å². The number of phenolic OH excluding ortho intramolecular Hbond substituents is 1. The van der Waals surface area contributed by atoms with Crippen molar-refractivity contribution in [2.24, 2.45) is 0 Å². The summed E-state index contributed by atoms with van der Waals surface area (Å²) in [5.74, 6) is 0.158. The molecule has 2 aromatic carbocycles. The summed E-state index contributed by atoms with van der Waals surface area (Å²) >= 11 is 10.7. The van der Waals surface area contributed by atoms with Gasteiger partial charge in [-0.2, -0.15) is 5.26 Å². The van der Waals surface area contributed by atoms with E-state index in [2.05, 4.69) is 27.0 Å². The first-order chi connectivity index (χ1) is 10.6. The molecule has 3 rings (SSSR count). The fourth-order valence-corrected chi connectivity index (χ4v) is 3.41. The van der Waals surface area contributed by atoms with Gasteiger partial charge < -0.3 is 5.11 Å². The molecule has 0 aliphatic rings. The summed E-state index contributed by atoms with van der Waals surface area (Å²) in [7, 11) is 0. The molecule has 3 aromatic rings. The van der Waals surface area contributed by atoms with Crippen LogP contribution in [0.4, 0.5) is 0 Å². The molecule has 0 unspecified atom stereocenters. The first-order valence-electron chi connectivity index (χ1n) is 6.23. The number of aromatic hydroxyl groups is 1. The van der Waals surface area contributed by atoms with E-state index >= 15 is 0 Å². The lowest BCUT2D eigenvalue weighted by Gasteiger charge is -1.99. The van der Waals surface area contributed by atoms with Crippen LogP contribution >= 0.6 is 38.9 Å². The van der Waals surface area contributed by atoms with Gasteiger partial charge >= 0.3 is 0 Å². The van der Waals surface area contributed by atoms with Crippen LogP contribution in [0.5, 0.6) is 5.75 Å². The minimum Gasteiger partial charge on any atom is -0.507 e. The highest BCUT2D eigenvalue weighted by Crippen LogP contribution is 2.31. The number of aromatic nitrogens is 1. The van der Waals surface area contributed by atoms with E-state index < -0.39 is 0 Å². The van der Waals surface area contributed by atoms with Crippen LogP contribution in [0.3, 0.4) is 0 Å². The summed E-state index contributed by atoms with van der Waals surface area (Å²) < 4.78 is 1.56. The maximum Gasteiger partial charge on any atom is 0.135 e. The number of halogens is 2. The number of phenols is 1. The highest BCUT2D eigenvalue weighted by atomic mass is 79.9. The Bertz CT molecular complexity index is 943. The number of hydrogen-bond donors (Lipinski definition) is 1. The number of nitriles is 1. The first kappa shape index (κ1) is 15.0. The predicted octanol–water partition coefficient (Wildman–Crippen LogP) is 5.48. The van der Waals surface area contributed by atoms with Crippen LogP contribution in [0.25, 0.3) is 21.9 Å². The van der Waals surface area contributed by atoms with Crippen LogP contribution in [-0.4, -0.2) is 10.1 Å². The Kier molecular flexibility index (Phi) is 4.16. The molecule has 0 spiro atoms. The molecule has 0 saturated carbocycles. The van der Waals surface area contributed by atoms with E-state index in [1.165, 1.54) is 11.3 Å². The van der Waals surface area contributed by atoms with E-state index in [1.807, 2.05) is 6.07 Å². The Morgan fingerprint density at radius 1 is 1.32 bits per heavy atom. The van der Waals surface area contributed by atoms with Crippen molar-refractivity contribution >= 4 is 60.7 Å². The van der Waals surface area contributed by atoms with E-state index in [0.717, 1.165) is 15.8 Å². The molecule has 0 saturated heterocycles. The second-order valence-corrected chi connectivity index (χ2v) is 6.83. The molecule has 0 bridgehead atoms. The average Bonchev–Trinajstić information content (AvgIpc) is 2.91. The van der Waals surface area contributed by atoms with Gasteiger partial charge in [-0.3, -0.25) is 0 Å². The number of nitrogens with zero attached hydrogens (tertiary/aromatic N) is 2. The number of thiazole rings is 1. The van der Waals surface area contributed by atoms with E-state index in [4.69, 9.17) is 11.6 Å². The normalized spacial score (nSPS) is 11.6. The van der Waals surface area contributed by atoms with E-state index in [0.29, 0.717) is 20.1 Å². The van der Waals surface area contributed by atoms with Crippen molar-refractivity contribution in [2.45, 2.75) is 0 Å². The molecule has 0 atom stereocenters. The van der Waals surface area contributed by atoms with Gasteiger partial charge in [0, 0.05) is 5.02 Å². The zero-order chi connectivity index (χ0) is 15.7.